The van der Waals surface area contributed by atoms with Crippen molar-refractivity contribution in [1.29, 1.82) is 0 Å². The molecule has 4 heteroatoms. The molecule has 0 aliphatic heterocycles. The molecule has 0 saturated carbocycles. The lowest BCUT2D eigenvalue weighted by Crippen LogP contribution is -2.36. The van der Waals surface area contributed by atoms with Crippen LogP contribution < -0.4 is 31.9 Å². The number of rotatable bonds is 16. The van der Waals surface area contributed by atoms with Crippen molar-refractivity contribution >= 4 is 37.1 Å². The molecule has 0 amide bonds. The molecule has 0 aromatic heterocycles. The summed E-state index contributed by atoms with van der Waals surface area (Å²) in [6, 6.07) is 74.7. The Hall–Kier alpha value is -4.68. The second-order valence-corrected chi connectivity index (χ2v) is 18.1. The van der Waals surface area contributed by atoms with Crippen LogP contribution in [0.4, 0.5) is 0 Å². The van der Waals surface area contributed by atoms with Gasteiger partial charge in [0.15, 0.2) is 0 Å². The Balaban J connectivity index is 0.000000639. The summed E-state index contributed by atoms with van der Waals surface area (Å²) in [5.74, 6) is 0. The molecule has 0 saturated heterocycles. The number of hydrogen-bond acceptors (Lipinski definition) is 2. The maximum Gasteiger partial charge on any atom is 0.0211 e. The molecule has 0 fully saturated rings. The second-order valence-electron chi connectivity index (χ2n) is 13.5. The quantitative estimate of drug-likeness (QED) is 0.0762. The Morgan fingerprint density at radius 2 is 0.815 bits per heavy atom. The van der Waals surface area contributed by atoms with Crippen LogP contribution in [-0.2, 0) is 19.5 Å². The Morgan fingerprint density at radius 3 is 1.26 bits per heavy atom. The van der Waals surface area contributed by atoms with Crippen LogP contribution >= 0.6 is 15.8 Å². The van der Waals surface area contributed by atoms with Crippen LogP contribution in [0.1, 0.15) is 22.3 Å². The molecule has 1 atom stereocenters. The largest absolute Gasteiger partial charge is 0.312 e. The first kappa shape index (κ1) is 39.0. The van der Waals surface area contributed by atoms with E-state index < -0.39 is 15.8 Å². The van der Waals surface area contributed by atoms with Gasteiger partial charge in [0, 0.05) is 19.1 Å². The first-order valence-electron chi connectivity index (χ1n) is 19.0. The standard InChI is InChI=1S/C43H44N2P2.C7H8/c1-6-18-36(19-7-1)32-39(35-47(42-26-12-4-13-27-42)43-28-14-5-15-29-43)45-34-38-21-17-16-20-37(38)33-44-30-31-46(40-22-8-2-9-23-40)41-24-10-3-11-25-41;1-7-5-3-2-4-6-7/h1-29,39,44-45H,30-35H2;2-6H,1H3/t39-;/m0./s1. The zero-order chi connectivity index (χ0) is 37.0. The third kappa shape index (κ3) is 12.4. The predicted octanol–water partition coefficient (Wildman–Crippen LogP) is 9.74. The van der Waals surface area contributed by atoms with Gasteiger partial charge in [0.05, 0.1) is 0 Å². The third-order valence-electron chi connectivity index (χ3n) is 9.47. The molecule has 0 aliphatic carbocycles. The Labute approximate surface area is 326 Å². The smallest absolute Gasteiger partial charge is 0.0211 e. The molecule has 2 N–H and O–H groups in total. The first-order valence-corrected chi connectivity index (χ1v) is 22.1. The van der Waals surface area contributed by atoms with Gasteiger partial charge in [0.2, 0.25) is 0 Å². The van der Waals surface area contributed by atoms with E-state index in [2.05, 4.69) is 206 Å². The van der Waals surface area contributed by atoms with E-state index in [9.17, 15) is 0 Å². The van der Waals surface area contributed by atoms with Crippen LogP contribution in [0.3, 0.4) is 0 Å². The highest BCUT2D eigenvalue weighted by molar-refractivity contribution is 7.73. The summed E-state index contributed by atoms with van der Waals surface area (Å²) in [4.78, 5) is 0. The number of hydrogen-bond donors (Lipinski definition) is 2. The molecule has 272 valence electrons. The molecule has 0 bridgehead atoms. The average Bonchev–Trinajstić information content (AvgIpc) is 3.24. The zero-order valence-corrected chi connectivity index (χ0v) is 33.1. The SMILES string of the molecule is Cc1ccccc1.c1ccc(C[C@@H](CP(c2ccccc2)c2ccccc2)NCc2ccccc2CNCCP(c2ccccc2)c2ccccc2)cc1. The van der Waals surface area contributed by atoms with Crippen molar-refractivity contribution in [1.82, 2.24) is 10.6 Å². The van der Waals surface area contributed by atoms with E-state index in [0.29, 0.717) is 6.04 Å². The van der Waals surface area contributed by atoms with E-state index in [-0.39, 0.29) is 0 Å². The van der Waals surface area contributed by atoms with Gasteiger partial charge < -0.3 is 10.6 Å². The van der Waals surface area contributed by atoms with Crippen molar-refractivity contribution < 1.29 is 0 Å². The van der Waals surface area contributed by atoms with Gasteiger partial charge >= 0.3 is 0 Å². The Bertz CT molecular complexity index is 1950. The highest BCUT2D eigenvalue weighted by atomic mass is 31.1. The summed E-state index contributed by atoms with van der Waals surface area (Å²) >= 11 is 0. The zero-order valence-electron chi connectivity index (χ0n) is 31.3. The summed E-state index contributed by atoms with van der Waals surface area (Å²) in [6.07, 6.45) is 3.20. The molecule has 0 heterocycles. The molecule has 0 aliphatic rings. The molecular formula is C50H52N2P2. The van der Waals surface area contributed by atoms with Crippen molar-refractivity contribution in [3.05, 3.63) is 229 Å². The summed E-state index contributed by atoms with van der Waals surface area (Å²) in [5.41, 5.74) is 5.44. The van der Waals surface area contributed by atoms with Gasteiger partial charge in [0.25, 0.3) is 0 Å². The number of benzene rings is 7. The van der Waals surface area contributed by atoms with Gasteiger partial charge in [0.1, 0.15) is 0 Å². The molecule has 0 unspecified atom stereocenters. The van der Waals surface area contributed by atoms with Crippen LogP contribution in [-0.4, -0.2) is 24.9 Å². The predicted molar refractivity (Wildman–Crippen MR) is 238 cm³/mol. The van der Waals surface area contributed by atoms with Gasteiger partial charge in [-0.25, -0.2) is 0 Å². The monoisotopic (exact) mass is 742 g/mol. The summed E-state index contributed by atoms with van der Waals surface area (Å²) in [6.45, 7) is 4.78. The highest BCUT2D eigenvalue weighted by Gasteiger charge is 2.20. The van der Waals surface area contributed by atoms with Gasteiger partial charge in [-0.3, -0.25) is 0 Å². The average molecular weight is 743 g/mol. The van der Waals surface area contributed by atoms with E-state index >= 15 is 0 Å². The number of nitrogens with one attached hydrogen (secondary N) is 2. The fraction of sp³-hybridized carbons (Fsp3) is 0.160. The molecule has 7 aromatic rings. The molecule has 54 heavy (non-hydrogen) atoms. The van der Waals surface area contributed by atoms with Crippen LogP contribution in [0.15, 0.2) is 206 Å². The van der Waals surface area contributed by atoms with E-state index in [0.717, 1.165) is 38.4 Å². The Morgan fingerprint density at radius 1 is 0.426 bits per heavy atom. The second kappa shape index (κ2) is 21.9. The van der Waals surface area contributed by atoms with Gasteiger partial charge in [-0.1, -0.05) is 212 Å². The fourth-order valence-electron chi connectivity index (χ4n) is 6.62. The molecular weight excluding hydrogens is 691 g/mol. The van der Waals surface area contributed by atoms with E-state index in [1.807, 2.05) is 18.2 Å². The third-order valence-corrected chi connectivity index (χ3v) is 14.6. The molecule has 0 radical (unpaired) electrons. The minimum atomic E-state index is -0.504. The van der Waals surface area contributed by atoms with Crippen molar-refractivity contribution in [2.24, 2.45) is 0 Å². The molecule has 7 aromatic carbocycles. The summed E-state index contributed by atoms with van der Waals surface area (Å²) < 4.78 is 0. The van der Waals surface area contributed by atoms with Crippen LogP contribution in [0.5, 0.6) is 0 Å². The van der Waals surface area contributed by atoms with Crippen molar-refractivity contribution in [2.75, 3.05) is 18.9 Å². The normalized spacial score (nSPS) is 11.5. The van der Waals surface area contributed by atoms with Crippen LogP contribution in [0.25, 0.3) is 0 Å². The number of aryl methyl sites for hydroxylation is 1. The van der Waals surface area contributed by atoms with Crippen LogP contribution in [0, 0.1) is 6.92 Å². The maximum atomic E-state index is 4.04. The van der Waals surface area contributed by atoms with Gasteiger partial charge in [-0.2, -0.15) is 0 Å². The Kier molecular flexibility index (Phi) is 15.8. The molecule has 2 nitrogen and oxygen atoms in total. The van der Waals surface area contributed by atoms with E-state index in [1.165, 1.54) is 43.5 Å². The minimum absolute atomic E-state index is 0.338. The van der Waals surface area contributed by atoms with Crippen LogP contribution in [0.2, 0.25) is 0 Å². The fourth-order valence-corrected chi connectivity index (χ4v) is 11.4. The highest BCUT2D eigenvalue weighted by Crippen LogP contribution is 2.35. The summed E-state index contributed by atoms with van der Waals surface area (Å²) in [5, 5.41) is 13.6. The van der Waals surface area contributed by atoms with E-state index in [4.69, 9.17) is 0 Å². The molecule has 7 rings (SSSR count). The van der Waals surface area contributed by atoms with Gasteiger partial charge in [-0.05, 0) is 86.0 Å². The van der Waals surface area contributed by atoms with Crippen molar-refractivity contribution in [3.8, 4) is 0 Å². The lowest BCUT2D eigenvalue weighted by atomic mass is 10.0. The van der Waals surface area contributed by atoms with Gasteiger partial charge in [-0.15, -0.1) is 0 Å². The molecule has 0 spiro atoms. The van der Waals surface area contributed by atoms with Crippen molar-refractivity contribution in [3.63, 3.8) is 0 Å². The minimum Gasteiger partial charge on any atom is -0.312 e. The lowest BCUT2D eigenvalue weighted by Gasteiger charge is -2.27. The lowest BCUT2D eigenvalue weighted by molar-refractivity contribution is 0.548. The summed E-state index contributed by atoms with van der Waals surface area (Å²) in [7, 11) is -0.903. The first-order chi connectivity index (χ1) is 26.7. The van der Waals surface area contributed by atoms with E-state index in [1.54, 1.807) is 0 Å². The maximum absolute atomic E-state index is 4.04. The topological polar surface area (TPSA) is 24.1 Å². The van der Waals surface area contributed by atoms with Crippen molar-refractivity contribution in [2.45, 2.75) is 32.5 Å².